The molecule has 2 aromatic rings. The summed E-state index contributed by atoms with van der Waals surface area (Å²) in [5.41, 5.74) is 2.71. The molecule has 0 aliphatic carbocycles. The maximum Gasteiger partial charge on any atom is 0.0363 e. The van der Waals surface area contributed by atoms with E-state index in [1.807, 2.05) is 0 Å². The Kier molecular flexibility index (Phi) is 5.37. The number of hydrogen-bond acceptors (Lipinski definition) is 1. The fourth-order valence-corrected chi connectivity index (χ4v) is 2.60. The van der Waals surface area contributed by atoms with Gasteiger partial charge in [0.25, 0.3) is 0 Å². The van der Waals surface area contributed by atoms with Crippen molar-refractivity contribution in [3.05, 3.63) is 60.2 Å². The van der Waals surface area contributed by atoms with Gasteiger partial charge in [0.2, 0.25) is 0 Å². The molecule has 0 amide bonds. The first-order valence-electron chi connectivity index (χ1n) is 7.64. The summed E-state index contributed by atoms with van der Waals surface area (Å²) in [5.74, 6) is 0. The van der Waals surface area contributed by atoms with Gasteiger partial charge in [-0.3, -0.25) is 0 Å². The van der Waals surface area contributed by atoms with Gasteiger partial charge in [-0.1, -0.05) is 68.5 Å². The van der Waals surface area contributed by atoms with Crippen LogP contribution in [-0.2, 0) is 0 Å². The molecule has 0 spiro atoms. The lowest BCUT2D eigenvalue weighted by Crippen LogP contribution is -2.22. The first-order valence-corrected chi connectivity index (χ1v) is 7.64. The smallest absolute Gasteiger partial charge is 0.0363 e. The summed E-state index contributed by atoms with van der Waals surface area (Å²) in [4.78, 5) is 0. The Labute approximate surface area is 122 Å². The van der Waals surface area contributed by atoms with Gasteiger partial charge in [0, 0.05) is 6.04 Å². The first-order chi connectivity index (χ1) is 9.76. The van der Waals surface area contributed by atoms with Gasteiger partial charge in [0.05, 0.1) is 0 Å². The highest BCUT2D eigenvalue weighted by Crippen LogP contribution is 2.28. The standard InChI is InChI=1S/C19H25N/c1-4-13-20-19(14-15(3)5-2)18-12-8-10-16-9-6-7-11-17(16)18/h6-12,19-20H,3-5,13-14H2,1-2H3. The van der Waals surface area contributed by atoms with E-state index in [4.69, 9.17) is 0 Å². The summed E-state index contributed by atoms with van der Waals surface area (Å²) in [6, 6.07) is 15.6. The molecule has 1 nitrogen and oxygen atoms in total. The van der Waals surface area contributed by atoms with Gasteiger partial charge in [-0.05, 0) is 42.1 Å². The highest BCUT2D eigenvalue weighted by atomic mass is 14.9. The Bertz CT molecular complexity index is 565. The second-order valence-corrected chi connectivity index (χ2v) is 5.38. The SMILES string of the molecule is C=C(CC)CC(NCCC)c1cccc2ccccc12. The Hall–Kier alpha value is -1.60. The summed E-state index contributed by atoms with van der Waals surface area (Å²) >= 11 is 0. The van der Waals surface area contributed by atoms with E-state index in [0.717, 1.165) is 25.8 Å². The molecule has 0 heterocycles. The van der Waals surface area contributed by atoms with Gasteiger partial charge >= 0.3 is 0 Å². The second kappa shape index (κ2) is 7.25. The second-order valence-electron chi connectivity index (χ2n) is 5.38. The van der Waals surface area contributed by atoms with Gasteiger partial charge in [0.15, 0.2) is 0 Å². The zero-order chi connectivity index (χ0) is 14.4. The fourth-order valence-electron chi connectivity index (χ4n) is 2.60. The summed E-state index contributed by atoms with van der Waals surface area (Å²) in [6.45, 7) is 9.63. The zero-order valence-electron chi connectivity index (χ0n) is 12.7. The topological polar surface area (TPSA) is 12.0 Å². The van der Waals surface area contributed by atoms with Crippen molar-refractivity contribution < 1.29 is 0 Å². The molecule has 0 radical (unpaired) electrons. The van der Waals surface area contributed by atoms with E-state index in [2.05, 4.69) is 68.2 Å². The predicted molar refractivity (Wildman–Crippen MR) is 89.0 cm³/mol. The van der Waals surface area contributed by atoms with E-state index in [9.17, 15) is 0 Å². The van der Waals surface area contributed by atoms with Crippen molar-refractivity contribution in [2.45, 2.75) is 39.2 Å². The number of benzene rings is 2. The maximum absolute atomic E-state index is 4.19. The number of nitrogens with one attached hydrogen (secondary N) is 1. The first kappa shape index (κ1) is 14.8. The number of fused-ring (bicyclic) bond motifs is 1. The van der Waals surface area contributed by atoms with E-state index in [1.54, 1.807) is 0 Å². The highest BCUT2D eigenvalue weighted by molar-refractivity contribution is 5.86. The van der Waals surface area contributed by atoms with Crippen LogP contribution in [0.1, 0.15) is 44.7 Å². The summed E-state index contributed by atoms with van der Waals surface area (Å²) in [6.07, 6.45) is 3.22. The molecule has 0 aliphatic heterocycles. The van der Waals surface area contributed by atoms with Crippen molar-refractivity contribution in [3.8, 4) is 0 Å². The summed E-state index contributed by atoms with van der Waals surface area (Å²) in [7, 11) is 0. The third-order valence-electron chi connectivity index (χ3n) is 3.83. The lowest BCUT2D eigenvalue weighted by atomic mass is 9.93. The van der Waals surface area contributed by atoms with Crippen LogP contribution in [0.3, 0.4) is 0 Å². The molecule has 0 aliphatic rings. The predicted octanol–water partition coefficient (Wildman–Crippen LogP) is 5.24. The lowest BCUT2D eigenvalue weighted by Gasteiger charge is -2.21. The third-order valence-corrected chi connectivity index (χ3v) is 3.83. The molecule has 1 unspecified atom stereocenters. The minimum atomic E-state index is 0.369. The van der Waals surface area contributed by atoms with Crippen LogP contribution in [-0.4, -0.2) is 6.54 Å². The van der Waals surface area contributed by atoms with Crippen LogP contribution in [0.25, 0.3) is 10.8 Å². The molecule has 2 aromatic carbocycles. The monoisotopic (exact) mass is 267 g/mol. The molecule has 20 heavy (non-hydrogen) atoms. The van der Waals surface area contributed by atoms with Crippen molar-refractivity contribution in [1.29, 1.82) is 0 Å². The van der Waals surface area contributed by atoms with E-state index < -0.39 is 0 Å². The quantitative estimate of drug-likeness (QED) is 0.677. The summed E-state index contributed by atoms with van der Waals surface area (Å²) in [5, 5.41) is 6.35. The number of rotatable bonds is 7. The summed E-state index contributed by atoms with van der Waals surface area (Å²) < 4.78 is 0. The normalized spacial score (nSPS) is 12.5. The third kappa shape index (κ3) is 3.49. The van der Waals surface area contributed by atoms with Crippen LogP contribution in [0.5, 0.6) is 0 Å². The average molecular weight is 267 g/mol. The van der Waals surface area contributed by atoms with Gasteiger partial charge in [-0.25, -0.2) is 0 Å². The van der Waals surface area contributed by atoms with E-state index in [0.29, 0.717) is 6.04 Å². The Morgan fingerprint density at radius 1 is 1.10 bits per heavy atom. The van der Waals surface area contributed by atoms with Crippen molar-refractivity contribution in [3.63, 3.8) is 0 Å². The number of hydrogen-bond donors (Lipinski definition) is 1. The van der Waals surface area contributed by atoms with Crippen molar-refractivity contribution in [1.82, 2.24) is 5.32 Å². The van der Waals surface area contributed by atoms with Gasteiger partial charge in [-0.2, -0.15) is 0 Å². The highest BCUT2D eigenvalue weighted by Gasteiger charge is 2.14. The average Bonchev–Trinajstić information content (AvgIpc) is 2.50. The van der Waals surface area contributed by atoms with Crippen LogP contribution in [0.2, 0.25) is 0 Å². The molecule has 106 valence electrons. The Morgan fingerprint density at radius 2 is 1.85 bits per heavy atom. The van der Waals surface area contributed by atoms with Crippen LogP contribution >= 0.6 is 0 Å². The van der Waals surface area contributed by atoms with Crippen LogP contribution in [0.4, 0.5) is 0 Å². The molecule has 1 atom stereocenters. The van der Waals surface area contributed by atoms with Crippen molar-refractivity contribution >= 4 is 10.8 Å². The van der Waals surface area contributed by atoms with Gasteiger partial charge in [-0.15, -0.1) is 0 Å². The largest absolute Gasteiger partial charge is 0.310 e. The van der Waals surface area contributed by atoms with E-state index in [1.165, 1.54) is 21.9 Å². The van der Waals surface area contributed by atoms with Gasteiger partial charge < -0.3 is 5.32 Å². The van der Waals surface area contributed by atoms with E-state index >= 15 is 0 Å². The van der Waals surface area contributed by atoms with Gasteiger partial charge in [0.1, 0.15) is 0 Å². The zero-order valence-corrected chi connectivity index (χ0v) is 12.7. The van der Waals surface area contributed by atoms with Crippen molar-refractivity contribution in [2.24, 2.45) is 0 Å². The minimum absolute atomic E-state index is 0.369. The van der Waals surface area contributed by atoms with Crippen LogP contribution < -0.4 is 5.32 Å². The molecule has 2 rings (SSSR count). The fraction of sp³-hybridized carbons (Fsp3) is 0.368. The molecule has 0 aromatic heterocycles. The molecule has 0 saturated carbocycles. The molecule has 0 saturated heterocycles. The Balaban J connectivity index is 2.36. The lowest BCUT2D eigenvalue weighted by molar-refractivity contribution is 0.526. The van der Waals surface area contributed by atoms with E-state index in [-0.39, 0.29) is 0 Å². The molecule has 1 N–H and O–H groups in total. The molecular formula is C19H25N. The molecular weight excluding hydrogens is 242 g/mol. The maximum atomic E-state index is 4.19. The molecule has 1 heteroatoms. The van der Waals surface area contributed by atoms with Crippen LogP contribution in [0, 0.1) is 0 Å². The molecule has 0 fully saturated rings. The molecule has 0 bridgehead atoms. The van der Waals surface area contributed by atoms with Crippen molar-refractivity contribution in [2.75, 3.05) is 6.54 Å². The minimum Gasteiger partial charge on any atom is -0.310 e. The Morgan fingerprint density at radius 3 is 2.60 bits per heavy atom. The van der Waals surface area contributed by atoms with Crippen LogP contribution in [0.15, 0.2) is 54.6 Å².